The standard InChI is InChI=1S/C14H15BrClNO4/c1-20-13(18)7-10-8-17(4-5-21-10)14(19)11-3-2-9(15)6-12(11)16/h2-3,6,10H,4-5,7-8H2,1H3. The zero-order chi connectivity index (χ0) is 15.4. The van der Waals surface area contributed by atoms with Gasteiger partial charge < -0.3 is 14.4 Å². The number of methoxy groups -OCH3 is 1. The fraction of sp³-hybridized carbons (Fsp3) is 0.429. The normalized spacial score (nSPS) is 18.4. The Bertz CT molecular complexity index is 552. The first-order valence-corrected chi connectivity index (χ1v) is 7.61. The van der Waals surface area contributed by atoms with Crippen molar-refractivity contribution < 1.29 is 19.1 Å². The van der Waals surface area contributed by atoms with Gasteiger partial charge in [0, 0.05) is 17.6 Å². The van der Waals surface area contributed by atoms with Crippen LogP contribution < -0.4 is 0 Å². The van der Waals surface area contributed by atoms with Gasteiger partial charge in [0.15, 0.2) is 0 Å². The van der Waals surface area contributed by atoms with Crippen molar-refractivity contribution in [2.75, 3.05) is 26.8 Å². The molecule has 0 aliphatic carbocycles. The molecule has 114 valence electrons. The molecule has 0 bridgehead atoms. The summed E-state index contributed by atoms with van der Waals surface area (Å²) < 4.78 is 10.9. The van der Waals surface area contributed by atoms with Crippen LogP contribution >= 0.6 is 27.5 Å². The highest BCUT2D eigenvalue weighted by atomic mass is 79.9. The van der Waals surface area contributed by atoms with E-state index in [2.05, 4.69) is 20.7 Å². The predicted molar refractivity (Wildman–Crippen MR) is 81.4 cm³/mol. The number of hydrogen-bond donors (Lipinski definition) is 0. The molecule has 0 spiro atoms. The van der Waals surface area contributed by atoms with Crippen molar-refractivity contribution in [2.24, 2.45) is 0 Å². The number of carbonyl (C=O) groups is 2. The topological polar surface area (TPSA) is 55.8 Å². The van der Waals surface area contributed by atoms with Crippen LogP contribution in [0.5, 0.6) is 0 Å². The van der Waals surface area contributed by atoms with Gasteiger partial charge in [-0.1, -0.05) is 27.5 Å². The quantitative estimate of drug-likeness (QED) is 0.761. The first kappa shape index (κ1) is 16.3. The maximum atomic E-state index is 12.5. The van der Waals surface area contributed by atoms with Gasteiger partial charge in [-0.05, 0) is 18.2 Å². The summed E-state index contributed by atoms with van der Waals surface area (Å²) in [5.74, 6) is -0.512. The number of benzene rings is 1. The van der Waals surface area contributed by atoms with Crippen LogP contribution in [0.15, 0.2) is 22.7 Å². The minimum absolute atomic E-state index is 0.133. The molecule has 5 nitrogen and oxygen atoms in total. The van der Waals surface area contributed by atoms with Crippen LogP contribution in [0.4, 0.5) is 0 Å². The average Bonchev–Trinajstić information content (AvgIpc) is 2.47. The summed E-state index contributed by atoms with van der Waals surface area (Å²) >= 11 is 9.41. The molecule has 0 saturated carbocycles. The van der Waals surface area contributed by atoms with Gasteiger partial charge in [-0.2, -0.15) is 0 Å². The monoisotopic (exact) mass is 375 g/mol. The Hall–Kier alpha value is -1.11. The summed E-state index contributed by atoms with van der Waals surface area (Å²) in [4.78, 5) is 25.4. The van der Waals surface area contributed by atoms with Crippen LogP contribution in [0.25, 0.3) is 0 Å². The molecule has 0 N–H and O–H groups in total. The molecule has 1 atom stereocenters. The Balaban J connectivity index is 2.06. The fourth-order valence-corrected chi connectivity index (χ4v) is 2.88. The summed E-state index contributed by atoms with van der Waals surface area (Å²) in [6.07, 6.45) is -0.210. The van der Waals surface area contributed by atoms with E-state index in [1.54, 1.807) is 23.1 Å². The summed E-state index contributed by atoms with van der Waals surface area (Å²) in [6, 6.07) is 5.13. The lowest BCUT2D eigenvalue weighted by atomic mass is 10.1. The first-order chi connectivity index (χ1) is 10.0. The van der Waals surface area contributed by atoms with Crippen LogP contribution in [0, 0.1) is 0 Å². The fourth-order valence-electron chi connectivity index (χ4n) is 2.13. The summed E-state index contributed by atoms with van der Waals surface area (Å²) in [5, 5.41) is 0.394. The van der Waals surface area contributed by atoms with E-state index in [1.165, 1.54) is 7.11 Å². The molecular weight excluding hydrogens is 362 g/mol. The van der Waals surface area contributed by atoms with Crippen molar-refractivity contribution in [3.8, 4) is 0 Å². The minimum Gasteiger partial charge on any atom is -0.469 e. The third-order valence-corrected chi connectivity index (χ3v) is 4.02. The van der Waals surface area contributed by atoms with Crippen LogP contribution in [0.2, 0.25) is 5.02 Å². The molecule has 1 saturated heterocycles. The molecule has 2 rings (SSSR count). The molecule has 0 radical (unpaired) electrons. The van der Waals surface area contributed by atoms with E-state index < -0.39 is 0 Å². The molecule has 7 heteroatoms. The second-order valence-electron chi connectivity index (χ2n) is 4.65. The molecule has 0 aromatic heterocycles. The number of amides is 1. The lowest BCUT2D eigenvalue weighted by Crippen LogP contribution is -2.46. The highest BCUT2D eigenvalue weighted by Crippen LogP contribution is 2.23. The Morgan fingerprint density at radius 3 is 2.95 bits per heavy atom. The zero-order valence-electron chi connectivity index (χ0n) is 11.5. The van der Waals surface area contributed by atoms with Gasteiger partial charge in [-0.3, -0.25) is 9.59 Å². The van der Waals surface area contributed by atoms with E-state index >= 15 is 0 Å². The molecule has 21 heavy (non-hydrogen) atoms. The van der Waals surface area contributed by atoms with Crippen molar-refractivity contribution in [1.82, 2.24) is 4.90 Å². The molecule has 1 fully saturated rings. The van der Waals surface area contributed by atoms with E-state index in [9.17, 15) is 9.59 Å². The van der Waals surface area contributed by atoms with Crippen LogP contribution in [0.1, 0.15) is 16.8 Å². The van der Waals surface area contributed by atoms with Gasteiger partial charge in [-0.15, -0.1) is 0 Å². The molecule has 1 aliphatic rings. The van der Waals surface area contributed by atoms with Gasteiger partial charge in [0.05, 0.1) is 36.8 Å². The second kappa shape index (κ2) is 7.24. The van der Waals surface area contributed by atoms with Gasteiger partial charge >= 0.3 is 5.97 Å². The van der Waals surface area contributed by atoms with Crippen molar-refractivity contribution >= 4 is 39.4 Å². The van der Waals surface area contributed by atoms with Crippen molar-refractivity contribution in [3.63, 3.8) is 0 Å². The molecule has 1 aromatic carbocycles. The largest absolute Gasteiger partial charge is 0.469 e. The van der Waals surface area contributed by atoms with Crippen molar-refractivity contribution in [3.05, 3.63) is 33.3 Å². The lowest BCUT2D eigenvalue weighted by molar-refractivity contribution is -0.145. The molecule has 1 aromatic rings. The minimum atomic E-state index is -0.351. The van der Waals surface area contributed by atoms with Gasteiger partial charge in [0.2, 0.25) is 0 Å². The maximum Gasteiger partial charge on any atom is 0.308 e. The number of nitrogens with zero attached hydrogens (tertiary/aromatic N) is 1. The second-order valence-corrected chi connectivity index (χ2v) is 5.97. The number of morpholine rings is 1. The third-order valence-electron chi connectivity index (χ3n) is 3.21. The number of halogens is 2. The first-order valence-electron chi connectivity index (χ1n) is 6.44. The smallest absolute Gasteiger partial charge is 0.308 e. The number of carbonyl (C=O) groups excluding carboxylic acids is 2. The van der Waals surface area contributed by atoms with E-state index in [0.717, 1.165) is 4.47 Å². The molecule has 1 aliphatic heterocycles. The van der Waals surface area contributed by atoms with E-state index in [0.29, 0.717) is 30.3 Å². The average molecular weight is 377 g/mol. The Labute approximate surface area is 136 Å². The SMILES string of the molecule is COC(=O)CC1CN(C(=O)c2ccc(Br)cc2Cl)CCO1. The van der Waals surface area contributed by atoms with Crippen molar-refractivity contribution in [1.29, 1.82) is 0 Å². The predicted octanol–water partition coefficient (Wildman–Crippen LogP) is 2.51. The highest BCUT2D eigenvalue weighted by Gasteiger charge is 2.27. The molecule has 1 heterocycles. The zero-order valence-corrected chi connectivity index (χ0v) is 13.8. The highest BCUT2D eigenvalue weighted by molar-refractivity contribution is 9.10. The van der Waals surface area contributed by atoms with Crippen molar-refractivity contribution in [2.45, 2.75) is 12.5 Å². The van der Waals surface area contributed by atoms with Gasteiger partial charge in [-0.25, -0.2) is 0 Å². The van der Waals surface area contributed by atoms with Crippen LogP contribution in [-0.2, 0) is 14.3 Å². The van der Waals surface area contributed by atoms with E-state index in [-0.39, 0.29) is 24.4 Å². The van der Waals surface area contributed by atoms with E-state index in [4.69, 9.17) is 16.3 Å². The molecular formula is C14H15BrClNO4. The number of hydrogen-bond acceptors (Lipinski definition) is 4. The Morgan fingerprint density at radius 2 is 2.29 bits per heavy atom. The van der Waals surface area contributed by atoms with Crippen LogP contribution in [0.3, 0.4) is 0 Å². The van der Waals surface area contributed by atoms with E-state index in [1.807, 2.05) is 0 Å². The van der Waals surface area contributed by atoms with Gasteiger partial charge in [0.25, 0.3) is 5.91 Å². The summed E-state index contributed by atoms with van der Waals surface area (Å²) in [6.45, 7) is 1.21. The molecule has 1 unspecified atom stereocenters. The summed E-state index contributed by atoms with van der Waals surface area (Å²) in [5.41, 5.74) is 0.443. The third kappa shape index (κ3) is 4.18. The van der Waals surface area contributed by atoms with Crippen LogP contribution in [-0.4, -0.2) is 49.7 Å². The lowest BCUT2D eigenvalue weighted by Gasteiger charge is -2.32. The summed E-state index contributed by atoms with van der Waals surface area (Å²) in [7, 11) is 1.33. The number of esters is 1. The Morgan fingerprint density at radius 1 is 1.52 bits per heavy atom. The molecule has 1 amide bonds. The Kier molecular flexibility index (Phi) is 5.61. The maximum absolute atomic E-state index is 12.5. The number of ether oxygens (including phenoxy) is 2. The van der Waals surface area contributed by atoms with Gasteiger partial charge in [0.1, 0.15) is 0 Å². The number of rotatable bonds is 3.